The monoisotopic (exact) mass is 515 g/mol. The van der Waals surface area contributed by atoms with Crippen molar-refractivity contribution in [1.82, 2.24) is 14.8 Å². The fraction of sp³-hybridized carbons (Fsp3) is 0.211. The number of carbonyl (C=O) groups is 1. The first-order valence-corrected chi connectivity index (χ1v) is 9.88. The number of rotatable bonds is 6. The zero-order valence-corrected chi connectivity index (χ0v) is 17.2. The van der Waals surface area contributed by atoms with Gasteiger partial charge in [0, 0.05) is 17.2 Å². The molecule has 10 heteroatoms. The molecule has 0 spiro atoms. The quantitative estimate of drug-likeness (QED) is 0.338. The third-order valence-electron chi connectivity index (χ3n) is 4.13. The van der Waals surface area contributed by atoms with Gasteiger partial charge in [-0.25, -0.2) is 9.67 Å². The fourth-order valence-corrected chi connectivity index (χ4v) is 2.83. The third kappa shape index (κ3) is 5.25. The van der Waals surface area contributed by atoms with Crippen LogP contribution in [0.1, 0.15) is 30.1 Å². The largest absolute Gasteiger partial charge is 0.435 e. The van der Waals surface area contributed by atoms with Crippen molar-refractivity contribution in [2.45, 2.75) is 24.9 Å². The number of nitrogens with zero attached hydrogens (tertiary/aromatic N) is 3. The van der Waals surface area contributed by atoms with Gasteiger partial charge in [0.05, 0.1) is 11.9 Å². The molecule has 3 N–H and O–H groups in total. The Morgan fingerprint density at radius 1 is 1.34 bits per heavy atom. The molecule has 29 heavy (non-hydrogen) atoms. The summed E-state index contributed by atoms with van der Waals surface area (Å²) in [6, 6.07) is 4.15. The van der Waals surface area contributed by atoms with Crippen molar-refractivity contribution in [1.29, 1.82) is 0 Å². The molecule has 1 fully saturated rings. The van der Waals surface area contributed by atoms with Gasteiger partial charge in [0.15, 0.2) is 11.5 Å². The molecule has 2 aromatic rings. The van der Waals surface area contributed by atoms with E-state index in [9.17, 15) is 18.0 Å². The van der Waals surface area contributed by atoms with Crippen LogP contribution in [0.15, 0.2) is 58.5 Å². The van der Waals surface area contributed by atoms with Crippen LogP contribution in [0.25, 0.3) is 5.82 Å². The number of alkyl halides is 3. The molecule has 1 saturated carbocycles. The van der Waals surface area contributed by atoms with Crippen molar-refractivity contribution in [3.8, 4) is 5.82 Å². The normalized spacial score (nSPS) is 15.4. The van der Waals surface area contributed by atoms with E-state index in [1.165, 1.54) is 29.2 Å². The molecule has 0 saturated heterocycles. The lowest BCUT2D eigenvalue weighted by atomic mass is 10.2. The number of amides is 1. The van der Waals surface area contributed by atoms with E-state index in [2.05, 4.69) is 15.4 Å². The van der Waals surface area contributed by atoms with Gasteiger partial charge in [-0.3, -0.25) is 4.79 Å². The lowest BCUT2D eigenvalue weighted by Gasteiger charge is -2.08. The molecule has 1 aliphatic carbocycles. The molecule has 0 bridgehead atoms. The van der Waals surface area contributed by atoms with Crippen LogP contribution in [0.5, 0.6) is 0 Å². The summed E-state index contributed by atoms with van der Waals surface area (Å²) in [5.41, 5.74) is 5.64. The number of aromatic nitrogens is 3. The Kier molecular flexibility index (Phi) is 6.40. The first-order valence-electron chi connectivity index (χ1n) is 8.63. The third-order valence-corrected chi connectivity index (χ3v) is 4.55. The SMILES string of the molecule is N\C=C/C(=C\C=C\I)C(=O)Nc1ccc(-n2nc(C(F)(F)F)cc2C2CC2)nc1. The molecule has 3 rings (SSSR count). The summed E-state index contributed by atoms with van der Waals surface area (Å²) in [7, 11) is 0. The zero-order valence-electron chi connectivity index (χ0n) is 15.0. The number of hydrogen-bond acceptors (Lipinski definition) is 4. The van der Waals surface area contributed by atoms with Crippen LogP contribution < -0.4 is 11.1 Å². The van der Waals surface area contributed by atoms with Gasteiger partial charge in [-0.05, 0) is 53.5 Å². The van der Waals surface area contributed by atoms with Crippen molar-refractivity contribution in [2.24, 2.45) is 5.73 Å². The van der Waals surface area contributed by atoms with E-state index in [1.807, 2.05) is 22.6 Å². The number of anilines is 1. The highest BCUT2D eigenvalue weighted by atomic mass is 127. The highest BCUT2D eigenvalue weighted by Gasteiger charge is 2.38. The molecule has 0 unspecified atom stereocenters. The van der Waals surface area contributed by atoms with E-state index >= 15 is 0 Å². The van der Waals surface area contributed by atoms with Gasteiger partial charge in [0.2, 0.25) is 0 Å². The molecule has 0 atom stereocenters. The van der Waals surface area contributed by atoms with Crippen molar-refractivity contribution in [3.05, 3.63) is 69.9 Å². The second kappa shape index (κ2) is 8.80. The summed E-state index contributed by atoms with van der Waals surface area (Å²) in [6.45, 7) is 0. The van der Waals surface area contributed by atoms with Gasteiger partial charge in [-0.15, -0.1) is 0 Å². The Hall–Kier alpha value is -2.63. The minimum absolute atomic E-state index is 0.0569. The number of allylic oxidation sites excluding steroid dienone is 2. The first-order chi connectivity index (χ1) is 13.8. The minimum Gasteiger partial charge on any atom is -0.405 e. The minimum atomic E-state index is -4.52. The Morgan fingerprint density at radius 3 is 2.66 bits per heavy atom. The van der Waals surface area contributed by atoms with Gasteiger partial charge in [0.1, 0.15) is 0 Å². The topological polar surface area (TPSA) is 85.8 Å². The van der Waals surface area contributed by atoms with Crippen LogP contribution in [0.3, 0.4) is 0 Å². The van der Waals surface area contributed by atoms with Crippen molar-refractivity contribution in [2.75, 3.05) is 5.32 Å². The van der Waals surface area contributed by atoms with Crippen LogP contribution in [0.4, 0.5) is 18.9 Å². The lowest BCUT2D eigenvalue weighted by molar-refractivity contribution is -0.141. The average Bonchev–Trinajstić information content (AvgIpc) is 3.42. The number of carbonyl (C=O) groups excluding carboxylic acids is 1. The lowest BCUT2D eigenvalue weighted by Crippen LogP contribution is -2.14. The van der Waals surface area contributed by atoms with Crippen LogP contribution >= 0.6 is 22.6 Å². The molecule has 6 nitrogen and oxygen atoms in total. The Balaban J connectivity index is 1.82. The van der Waals surface area contributed by atoms with Crippen LogP contribution in [-0.2, 0) is 11.0 Å². The van der Waals surface area contributed by atoms with Gasteiger partial charge in [0.25, 0.3) is 5.91 Å². The Morgan fingerprint density at radius 2 is 2.10 bits per heavy atom. The number of nitrogens with two attached hydrogens (primary N) is 1. The van der Waals surface area contributed by atoms with Gasteiger partial charge in [-0.2, -0.15) is 18.3 Å². The smallest absolute Gasteiger partial charge is 0.405 e. The second-order valence-corrected chi connectivity index (χ2v) is 7.02. The summed E-state index contributed by atoms with van der Waals surface area (Å²) in [5.74, 6) is -0.0831. The molecule has 0 aliphatic heterocycles. The van der Waals surface area contributed by atoms with E-state index in [0.717, 1.165) is 18.9 Å². The highest BCUT2D eigenvalue weighted by molar-refractivity contribution is 14.1. The van der Waals surface area contributed by atoms with E-state index in [-0.39, 0.29) is 11.7 Å². The summed E-state index contributed by atoms with van der Waals surface area (Å²) in [5, 5.41) is 6.36. The van der Waals surface area contributed by atoms with E-state index in [0.29, 0.717) is 17.0 Å². The van der Waals surface area contributed by atoms with Crippen LogP contribution in [0.2, 0.25) is 0 Å². The van der Waals surface area contributed by atoms with E-state index in [4.69, 9.17) is 5.73 Å². The maximum Gasteiger partial charge on any atom is 0.435 e. The number of hydrogen-bond donors (Lipinski definition) is 2. The first kappa shape index (κ1) is 21.1. The maximum atomic E-state index is 13.0. The Bertz CT molecular complexity index is 973. The highest BCUT2D eigenvalue weighted by Crippen LogP contribution is 2.42. The molecular weight excluding hydrogens is 498 g/mol. The van der Waals surface area contributed by atoms with E-state index < -0.39 is 17.8 Å². The summed E-state index contributed by atoms with van der Waals surface area (Å²) < 4.78 is 42.1. The second-order valence-electron chi connectivity index (χ2n) is 6.30. The molecule has 2 heterocycles. The van der Waals surface area contributed by atoms with Gasteiger partial charge < -0.3 is 11.1 Å². The summed E-state index contributed by atoms with van der Waals surface area (Å²) >= 11 is 2.02. The summed E-state index contributed by atoms with van der Waals surface area (Å²) in [6.07, 6.45) is 4.50. The number of nitrogens with one attached hydrogen (secondary N) is 1. The van der Waals surface area contributed by atoms with Crippen molar-refractivity contribution >= 4 is 34.2 Å². The maximum absolute atomic E-state index is 13.0. The predicted octanol–water partition coefficient (Wildman–Crippen LogP) is 4.45. The fourth-order valence-electron chi connectivity index (χ4n) is 2.63. The molecule has 2 aromatic heterocycles. The standard InChI is InChI=1S/C19H17F3IN5O/c20-19(21,22)16-10-15(12-3-4-12)28(27-16)17-6-5-14(11-25-17)26-18(29)13(7-9-24)2-1-8-23/h1-2,5-12H,3-4,24H2,(H,26,29)/b8-1+,9-7-,13-2+. The van der Waals surface area contributed by atoms with Crippen molar-refractivity contribution < 1.29 is 18.0 Å². The van der Waals surface area contributed by atoms with E-state index in [1.54, 1.807) is 22.3 Å². The molecule has 1 aliphatic rings. The molecule has 0 aromatic carbocycles. The van der Waals surface area contributed by atoms with Gasteiger partial charge in [-0.1, -0.05) is 28.7 Å². The summed E-state index contributed by atoms with van der Waals surface area (Å²) in [4.78, 5) is 16.5. The molecule has 1 amide bonds. The number of pyridine rings is 1. The van der Waals surface area contributed by atoms with Crippen LogP contribution in [0, 0.1) is 0 Å². The zero-order chi connectivity index (χ0) is 21.0. The predicted molar refractivity (Wildman–Crippen MR) is 112 cm³/mol. The molecule has 152 valence electrons. The number of halogens is 4. The van der Waals surface area contributed by atoms with Crippen LogP contribution in [-0.4, -0.2) is 20.7 Å². The molecular formula is C19H17F3IN5O. The van der Waals surface area contributed by atoms with Crippen molar-refractivity contribution in [3.63, 3.8) is 0 Å². The Labute approximate surface area is 178 Å². The van der Waals surface area contributed by atoms with Gasteiger partial charge >= 0.3 is 6.18 Å². The molecule has 0 radical (unpaired) electrons. The average molecular weight is 515 g/mol.